The molecule has 2 rings (SSSR count). The number of rotatable bonds is 5. The van der Waals surface area contributed by atoms with E-state index >= 15 is 0 Å². The van der Waals surface area contributed by atoms with Crippen molar-refractivity contribution in [3.8, 4) is 0 Å². The maximum atomic E-state index is 12.8. The summed E-state index contributed by atoms with van der Waals surface area (Å²) < 4.78 is 0. The van der Waals surface area contributed by atoms with Crippen LogP contribution in [0.15, 0.2) is 18.2 Å². The highest BCUT2D eigenvalue weighted by Crippen LogP contribution is 2.24. The number of aliphatic carboxylic acids is 1. The molecule has 0 saturated carbocycles. The second kappa shape index (κ2) is 8.00. The Balaban J connectivity index is 2.16. The molecule has 0 aromatic heterocycles. The molecule has 0 bridgehead atoms. The largest absolute Gasteiger partial charge is 0.481 e. The van der Waals surface area contributed by atoms with Crippen molar-refractivity contribution in [2.24, 2.45) is 5.92 Å². The molecule has 1 heterocycles. The minimum Gasteiger partial charge on any atom is -0.481 e. The fourth-order valence-electron chi connectivity index (χ4n) is 2.92. The first kappa shape index (κ1) is 18.8. The molecule has 2 N–H and O–H groups in total. The van der Waals surface area contributed by atoms with Gasteiger partial charge in [-0.2, -0.15) is 0 Å². The van der Waals surface area contributed by atoms with E-state index in [1.54, 1.807) is 24.0 Å². The summed E-state index contributed by atoms with van der Waals surface area (Å²) in [6, 6.07) is 4.89. The molecule has 1 aliphatic rings. The Bertz CT molecular complexity index is 668. The summed E-state index contributed by atoms with van der Waals surface area (Å²) in [6.07, 6.45) is 1.99. The van der Waals surface area contributed by atoms with Crippen molar-refractivity contribution in [1.82, 2.24) is 9.80 Å². The molecular weight excluding hydrogens is 322 g/mol. The lowest BCUT2D eigenvalue weighted by Crippen LogP contribution is -2.37. The molecule has 136 valence electrons. The van der Waals surface area contributed by atoms with Crippen LogP contribution in [0.3, 0.4) is 0 Å². The number of hydrogen-bond donors (Lipinski definition) is 2. The summed E-state index contributed by atoms with van der Waals surface area (Å²) in [5.41, 5.74) is 1.76. The molecule has 7 nitrogen and oxygen atoms in total. The van der Waals surface area contributed by atoms with Crippen LogP contribution in [0.5, 0.6) is 0 Å². The summed E-state index contributed by atoms with van der Waals surface area (Å²) in [4.78, 5) is 39.2. The van der Waals surface area contributed by atoms with Crippen LogP contribution in [0.25, 0.3) is 0 Å². The first-order valence-corrected chi connectivity index (χ1v) is 8.45. The minimum atomic E-state index is -0.958. The molecule has 25 heavy (non-hydrogen) atoms. The van der Waals surface area contributed by atoms with Crippen molar-refractivity contribution in [2.75, 3.05) is 32.0 Å². The molecule has 7 heteroatoms. The van der Waals surface area contributed by atoms with Crippen LogP contribution in [0.2, 0.25) is 0 Å². The van der Waals surface area contributed by atoms with Crippen LogP contribution in [-0.2, 0) is 4.79 Å². The number of amides is 3. The lowest BCUT2D eigenvalue weighted by Gasteiger charge is -2.23. The lowest BCUT2D eigenvalue weighted by atomic mass is 10.1. The zero-order valence-electron chi connectivity index (χ0n) is 14.9. The van der Waals surface area contributed by atoms with Gasteiger partial charge in [0.15, 0.2) is 0 Å². The van der Waals surface area contributed by atoms with Gasteiger partial charge >= 0.3 is 12.0 Å². The number of nitrogens with zero attached hydrogens (tertiary/aromatic N) is 2. The van der Waals surface area contributed by atoms with Gasteiger partial charge in [0.2, 0.25) is 0 Å². The summed E-state index contributed by atoms with van der Waals surface area (Å²) in [6.45, 7) is 4.94. The Morgan fingerprint density at radius 1 is 1.28 bits per heavy atom. The molecule has 1 saturated heterocycles. The molecule has 1 unspecified atom stereocenters. The molecule has 0 radical (unpaired) electrons. The molecule has 3 amide bonds. The Hall–Kier alpha value is -2.57. The van der Waals surface area contributed by atoms with E-state index in [0.29, 0.717) is 11.3 Å². The molecule has 1 aliphatic heterocycles. The van der Waals surface area contributed by atoms with E-state index in [0.717, 1.165) is 31.5 Å². The highest BCUT2D eigenvalue weighted by molar-refractivity contribution is 6.04. The van der Waals surface area contributed by atoms with Gasteiger partial charge in [-0.05, 0) is 31.4 Å². The van der Waals surface area contributed by atoms with Gasteiger partial charge in [0, 0.05) is 26.7 Å². The number of carbonyl (C=O) groups excluding carboxylic acids is 2. The number of aryl methyl sites for hydroxylation is 1. The predicted octanol–water partition coefficient (Wildman–Crippen LogP) is 2.42. The molecule has 1 fully saturated rings. The monoisotopic (exact) mass is 347 g/mol. The van der Waals surface area contributed by atoms with E-state index in [1.165, 1.54) is 11.9 Å². The second-order valence-corrected chi connectivity index (χ2v) is 6.55. The van der Waals surface area contributed by atoms with E-state index in [9.17, 15) is 14.4 Å². The summed E-state index contributed by atoms with van der Waals surface area (Å²) in [7, 11) is 1.53. The zero-order chi connectivity index (χ0) is 18.6. The number of carbonyl (C=O) groups is 3. The number of urea groups is 1. The molecule has 0 spiro atoms. The topological polar surface area (TPSA) is 90.0 Å². The van der Waals surface area contributed by atoms with Gasteiger partial charge in [0.1, 0.15) is 0 Å². The number of carboxylic acids is 1. The van der Waals surface area contributed by atoms with Crippen LogP contribution in [0.1, 0.15) is 35.7 Å². The standard InChI is InChI=1S/C18H25N3O4/c1-12-7-6-8-14(15(12)16(22)21-9-4-5-10-21)19-18(25)20(3)11-13(2)17(23)24/h6-8,13H,4-5,9-11H2,1-3H3,(H,19,25)(H,23,24). The van der Waals surface area contributed by atoms with Crippen LogP contribution >= 0.6 is 0 Å². The van der Waals surface area contributed by atoms with Crippen molar-refractivity contribution < 1.29 is 19.5 Å². The Morgan fingerprint density at radius 2 is 1.92 bits per heavy atom. The van der Waals surface area contributed by atoms with Crippen molar-refractivity contribution in [3.05, 3.63) is 29.3 Å². The normalized spacial score (nSPS) is 14.9. The number of likely N-dealkylation sites (tertiary alicyclic amines) is 1. The van der Waals surface area contributed by atoms with Crippen LogP contribution in [-0.4, -0.2) is 59.5 Å². The van der Waals surface area contributed by atoms with E-state index in [-0.39, 0.29) is 12.5 Å². The predicted molar refractivity (Wildman–Crippen MR) is 94.8 cm³/mol. The van der Waals surface area contributed by atoms with Crippen molar-refractivity contribution in [2.45, 2.75) is 26.7 Å². The smallest absolute Gasteiger partial charge is 0.321 e. The Labute approximate surface area is 147 Å². The summed E-state index contributed by atoms with van der Waals surface area (Å²) >= 11 is 0. The number of anilines is 1. The Kier molecular flexibility index (Phi) is 6.01. The fourth-order valence-corrected chi connectivity index (χ4v) is 2.92. The van der Waals surface area contributed by atoms with E-state index in [4.69, 9.17) is 5.11 Å². The first-order chi connectivity index (χ1) is 11.8. The second-order valence-electron chi connectivity index (χ2n) is 6.55. The maximum Gasteiger partial charge on any atom is 0.321 e. The summed E-state index contributed by atoms with van der Waals surface area (Å²) in [5.74, 6) is -1.70. The van der Waals surface area contributed by atoms with Crippen molar-refractivity contribution >= 4 is 23.6 Å². The number of hydrogen-bond acceptors (Lipinski definition) is 3. The van der Waals surface area contributed by atoms with Gasteiger partial charge in [0.25, 0.3) is 5.91 Å². The average molecular weight is 347 g/mol. The van der Waals surface area contributed by atoms with E-state index in [2.05, 4.69) is 5.32 Å². The lowest BCUT2D eigenvalue weighted by molar-refractivity contribution is -0.141. The third kappa shape index (κ3) is 4.49. The third-order valence-electron chi connectivity index (χ3n) is 4.44. The maximum absolute atomic E-state index is 12.8. The van der Waals surface area contributed by atoms with E-state index in [1.807, 2.05) is 13.0 Å². The molecule has 1 atom stereocenters. The quantitative estimate of drug-likeness (QED) is 0.856. The van der Waals surface area contributed by atoms with Crippen molar-refractivity contribution in [3.63, 3.8) is 0 Å². The first-order valence-electron chi connectivity index (χ1n) is 8.45. The Morgan fingerprint density at radius 3 is 2.52 bits per heavy atom. The van der Waals surface area contributed by atoms with Gasteiger partial charge in [-0.1, -0.05) is 19.1 Å². The molecule has 1 aromatic rings. The molecule has 0 aliphatic carbocycles. The van der Waals surface area contributed by atoms with Gasteiger partial charge in [-0.3, -0.25) is 9.59 Å². The minimum absolute atomic E-state index is 0.0764. The molecule has 1 aromatic carbocycles. The van der Waals surface area contributed by atoms with Crippen molar-refractivity contribution in [1.29, 1.82) is 0 Å². The van der Waals surface area contributed by atoms with Gasteiger partial charge in [0.05, 0.1) is 17.2 Å². The number of nitrogens with one attached hydrogen (secondary N) is 1. The molecular formula is C18H25N3O4. The number of carboxylic acid groups (broad SMARTS) is 1. The zero-order valence-corrected chi connectivity index (χ0v) is 14.9. The van der Waals surface area contributed by atoms with Gasteiger partial charge in [-0.15, -0.1) is 0 Å². The van der Waals surface area contributed by atoms with Crippen LogP contribution in [0, 0.1) is 12.8 Å². The third-order valence-corrected chi connectivity index (χ3v) is 4.44. The number of benzene rings is 1. The van der Waals surface area contributed by atoms with Crippen LogP contribution < -0.4 is 5.32 Å². The van der Waals surface area contributed by atoms with E-state index < -0.39 is 17.9 Å². The summed E-state index contributed by atoms with van der Waals surface area (Å²) in [5, 5.41) is 11.7. The van der Waals surface area contributed by atoms with Gasteiger partial charge in [-0.25, -0.2) is 4.79 Å². The SMILES string of the molecule is Cc1cccc(NC(=O)N(C)CC(C)C(=O)O)c1C(=O)N1CCCC1. The fraction of sp³-hybridized carbons (Fsp3) is 0.500. The highest BCUT2D eigenvalue weighted by atomic mass is 16.4. The average Bonchev–Trinajstić information content (AvgIpc) is 3.08. The highest BCUT2D eigenvalue weighted by Gasteiger charge is 2.25. The van der Waals surface area contributed by atoms with Crippen LogP contribution in [0.4, 0.5) is 10.5 Å². The van der Waals surface area contributed by atoms with Gasteiger partial charge < -0.3 is 20.2 Å².